The van der Waals surface area contributed by atoms with E-state index in [0.717, 1.165) is 26.7 Å². The smallest absolute Gasteiger partial charge is 0.175 e. The van der Waals surface area contributed by atoms with E-state index in [9.17, 15) is 8.42 Å². The molecular formula is C11H11IO3S. The molecule has 0 unspecified atom stereocenters. The van der Waals surface area contributed by atoms with Crippen LogP contribution in [0.1, 0.15) is 12.7 Å². The van der Waals surface area contributed by atoms with Crippen molar-refractivity contribution in [1.82, 2.24) is 0 Å². The quantitative estimate of drug-likeness (QED) is 0.783. The lowest BCUT2D eigenvalue weighted by Crippen LogP contribution is -1.97. The fraction of sp³-hybridized carbons (Fsp3) is 0.273. The van der Waals surface area contributed by atoms with Crippen molar-refractivity contribution in [2.45, 2.75) is 18.2 Å². The normalized spacial score (nSPS) is 12.2. The molecule has 0 fully saturated rings. The summed E-state index contributed by atoms with van der Waals surface area (Å²) in [7, 11) is -3.16. The first kappa shape index (κ1) is 11.9. The van der Waals surface area contributed by atoms with E-state index in [-0.39, 0.29) is 0 Å². The minimum absolute atomic E-state index is 0.341. The van der Waals surface area contributed by atoms with E-state index < -0.39 is 9.84 Å². The molecule has 0 radical (unpaired) electrons. The molecule has 0 bridgehead atoms. The average molecular weight is 350 g/mol. The van der Waals surface area contributed by atoms with Crippen molar-refractivity contribution < 1.29 is 12.8 Å². The summed E-state index contributed by atoms with van der Waals surface area (Å²) in [5, 5.41) is 0.851. The number of hydrogen-bond donors (Lipinski definition) is 0. The number of aryl methyl sites for hydroxylation is 1. The van der Waals surface area contributed by atoms with Crippen LogP contribution < -0.4 is 0 Å². The molecule has 0 spiro atoms. The second-order valence-electron chi connectivity index (χ2n) is 3.66. The molecule has 0 amide bonds. The molecule has 0 saturated heterocycles. The zero-order chi connectivity index (χ0) is 11.9. The third-order valence-corrected chi connectivity index (χ3v) is 4.27. The number of sulfone groups is 1. The monoisotopic (exact) mass is 350 g/mol. The lowest BCUT2D eigenvalue weighted by Gasteiger charge is -1.99. The molecule has 0 saturated carbocycles. The Morgan fingerprint density at radius 3 is 2.56 bits per heavy atom. The van der Waals surface area contributed by atoms with Gasteiger partial charge in [-0.2, -0.15) is 0 Å². The average Bonchev–Trinajstić information content (AvgIpc) is 2.59. The van der Waals surface area contributed by atoms with Gasteiger partial charge < -0.3 is 4.42 Å². The molecule has 1 heterocycles. The molecule has 0 atom stereocenters. The molecule has 1 aromatic carbocycles. The van der Waals surface area contributed by atoms with E-state index >= 15 is 0 Å². The number of hydrogen-bond acceptors (Lipinski definition) is 3. The zero-order valence-corrected chi connectivity index (χ0v) is 11.9. The Labute approximate surface area is 108 Å². The lowest BCUT2D eigenvalue weighted by molar-refractivity contribution is 0.555. The van der Waals surface area contributed by atoms with E-state index in [0.29, 0.717) is 4.90 Å². The van der Waals surface area contributed by atoms with Crippen molar-refractivity contribution in [2.24, 2.45) is 0 Å². The molecular weight excluding hydrogens is 339 g/mol. The first-order valence-corrected chi connectivity index (χ1v) is 7.81. The van der Waals surface area contributed by atoms with Gasteiger partial charge in [-0.05, 0) is 40.8 Å². The number of furan rings is 1. The largest absolute Gasteiger partial charge is 0.460 e. The fourth-order valence-electron chi connectivity index (χ4n) is 1.53. The zero-order valence-electron chi connectivity index (χ0n) is 8.95. The summed E-state index contributed by atoms with van der Waals surface area (Å²) in [5.74, 6) is 0.874. The second-order valence-corrected chi connectivity index (χ2v) is 6.84. The van der Waals surface area contributed by atoms with Gasteiger partial charge in [-0.3, -0.25) is 0 Å². The Bertz CT molecular complexity index is 641. The molecule has 2 rings (SSSR count). The van der Waals surface area contributed by atoms with Crippen LogP contribution in [0.15, 0.2) is 27.5 Å². The number of rotatable bonds is 2. The number of halogens is 1. The van der Waals surface area contributed by atoms with Gasteiger partial charge in [0.05, 0.1) is 8.47 Å². The number of fused-ring (bicyclic) bond motifs is 1. The SMILES string of the molecule is CCc1cc2cc(S(C)(=O)=O)cc(I)c2o1. The van der Waals surface area contributed by atoms with Gasteiger partial charge in [-0.25, -0.2) is 8.42 Å². The van der Waals surface area contributed by atoms with E-state index in [1.54, 1.807) is 12.1 Å². The third kappa shape index (κ3) is 2.10. The van der Waals surface area contributed by atoms with Crippen LogP contribution in [0.25, 0.3) is 11.0 Å². The fourth-order valence-corrected chi connectivity index (χ4v) is 3.17. The minimum Gasteiger partial charge on any atom is -0.460 e. The lowest BCUT2D eigenvalue weighted by atomic mass is 10.2. The summed E-state index contributed by atoms with van der Waals surface area (Å²) in [5.41, 5.74) is 0.768. The van der Waals surface area contributed by atoms with Crippen molar-refractivity contribution in [1.29, 1.82) is 0 Å². The first-order valence-electron chi connectivity index (χ1n) is 4.84. The molecule has 1 aromatic heterocycles. The van der Waals surface area contributed by atoms with Crippen LogP contribution >= 0.6 is 22.6 Å². The molecule has 5 heteroatoms. The maximum atomic E-state index is 11.5. The topological polar surface area (TPSA) is 47.3 Å². The van der Waals surface area contributed by atoms with E-state index in [4.69, 9.17) is 4.42 Å². The Kier molecular flexibility index (Phi) is 3.00. The summed E-state index contributed by atoms with van der Waals surface area (Å²) in [6, 6.07) is 5.20. The summed E-state index contributed by atoms with van der Waals surface area (Å²) >= 11 is 2.10. The molecule has 0 aliphatic carbocycles. The van der Waals surface area contributed by atoms with E-state index in [1.165, 1.54) is 6.26 Å². The van der Waals surface area contributed by atoms with Gasteiger partial charge >= 0.3 is 0 Å². The Balaban J connectivity index is 2.76. The van der Waals surface area contributed by atoms with Crippen molar-refractivity contribution in [2.75, 3.05) is 6.26 Å². The molecule has 16 heavy (non-hydrogen) atoms. The summed E-state index contributed by atoms with van der Waals surface area (Å²) in [6.45, 7) is 2.00. The Morgan fingerprint density at radius 1 is 1.31 bits per heavy atom. The summed E-state index contributed by atoms with van der Waals surface area (Å²) < 4.78 is 29.4. The standard InChI is InChI=1S/C11H11IO3S/c1-3-8-4-7-5-9(16(2,13)14)6-10(12)11(7)15-8/h4-6H,3H2,1-2H3. The van der Waals surface area contributed by atoms with Gasteiger partial charge in [0.2, 0.25) is 0 Å². The van der Waals surface area contributed by atoms with Crippen LogP contribution in [0, 0.1) is 3.57 Å². The van der Waals surface area contributed by atoms with E-state index in [1.807, 2.05) is 13.0 Å². The number of benzene rings is 1. The first-order chi connectivity index (χ1) is 7.41. The van der Waals surface area contributed by atoms with Gasteiger partial charge in [0.1, 0.15) is 11.3 Å². The van der Waals surface area contributed by atoms with Gasteiger partial charge in [-0.15, -0.1) is 0 Å². The Morgan fingerprint density at radius 2 is 2.00 bits per heavy atom. The predicted octanol–water partition coefficient (Wildman–Crippen LogP) is 3.00. The predicted molar refractivity (Wildman–Crippen MR) is 71.4 cm³/mol. The van der Waals surface area contributed by atoms with Crippen LogP contribution in [-0.4, -0.2) is 14.7 Å². The van der Waals surface area contributed by atoms with E-state index in [2.05, 4.69) is 22.6 Å². The molecule has 3 nitrogen and oxygen atoms in total. The van der Waals surface area contributed by atoms with Gasteiger partial charge in [0.25, 0.3) is 0 Å². The minimum atomic E-state index is -3.16. The molecule has 0 aliphatic heterocycles. The highest BCUT2D eigenvalue weighted by Gasteiger charge is 2.13. The van der Waals surface area contributed by atoms with Gasteiger partial charge in [0.15, 0.2) is 9.84 Å². The third-order valence-electron chi connectivity index (χ3n) is 2.37. The highest BCUT2D eigenvalue weighted by atomic mass is 127. The molecule has 0 N–H and O–H groups in total. The molecule has 86 valence electrons. The van der Waals surface area contributed by atoms with Crippen LogP contribution in [0.4, 0.5) is 0 Å². The second kappa shape index (κ2) is 4.03. The molecule has 0 aliphatic rings. The molecule has 2 aromatic rings. The maximum absolute atomic E-state index is 11.5. The highest BCUT2D eigenvalue weighted by Crippen LogP contribution is 2.28. The Hall–Kier alpha value is -0.560. The van der Waals surface area contributed by atoms with Crippen LogP contribution in [0.2, 0.25) is 0 Å². The highest BCUT2D eigenvalue weighted by molar-refractivity contribution is 14.1. The van der Waals surface area contributed by atoms with Crippen molar-refractivity contribution in [3.05, 3.63) is 27.5 Å². The van der Waals surface area contributed by atoms with Crippen molar-refractivity contribution >= 4 is 43.4 Å². The van der Waals surface area contributed by atoms with Gasteiger partial charge in [0, 0.05) is 18.1 Å². The van der Waals surface area contributed by atoms with Crippen molar-refractivity contribution in [3.8, 4) is 0 Å². The van der Waals surface area contributed by atoms with Gasteiger partial charge in [-0.1, -0.05) is 6.92 Å². The van der Waals surface area contributed by atoms with Crippen LogP contribution in [0.3, 0.4) is 0 Å². The van der Waals surface area contributed by atoms with Crippen LogP contribution in [0.5, 0.6) is 0 Å². The summed E-state index contributed by atoms with van der Waals surface area (Å²) in [6.07, 6.45) is 2.02. The maximum Gasteiger partial charge on any atom is 0.175 e. The van der Waals surface area contributed by atoms with Crippen LogP contribution in [-0.2, 0) is 16.3 Å². The van der Waals surface area contributed by atoms with Crippen molar-refractivity contribution in [3.63, 3.8) is 0 Å². The summed E-state index contributed by atoms with van der Waals surface area (Å²) in [4.78, 5) is 0.341.